The van der Waals surface area contributed by atoms with Crippen LogP contribution in [0.1, 0.15) is 5.56 Å². The molecule has 1 N–H and O–H groups in total. The van der Waals surface area contributed by atoms with Crippen LogP contribution in [-0.4, -0.2) is 6.61 Å². The van der Waals surface area contributed by atoms with E-state index < -0.39 is 0 Å². The van der Waals surface area contributed by atoms with Crippen molar-refractivity contribution in [2.45, 2.75) is 6.54 Å². The molecule has 0 bridgehead atoms. The van der Waals surface area contributed by atoms with Crippen LogP contribution in [0.25, 0.3) is 0 Å². The van der Waals surface area contributed by atoms with Crippen molar-refractivity contribution in [1.82, 2.24) is 0 Å². The number of nitrogens with one attached hydrogen (secondary N) is 1. The Balaban J connectivity index is 1.94. The average Bonchev–Trinajstić information content (AvgIpc) is 2.43. The van der Waals surface area contributed by atoms with E-state index in [0.717, 1.165) is 17.0 Å². The molecule has 2 aromatic rings. The van der Waals surface area contributed by atoms with Crippen molar-refractivity contribution < 1.29 is 4.74 Å². The van der Waals surface area contributed by atoms with E-state index in [1.54, 1.807) is 12.1 Å². The van der Waals surface area contributed by atoms with E-state index in [9.17, 15) is 0 Å². The minimum atomic E-state index is 0.513. The Hall–Kier alpha value is -1.64. The Bertz CT molecular complexity index is 561. The summed E-state index contributed by atoms with van der Waals surface area (Å²) in [6.45, 7) is 4.82. The summed E-state index contributed by atoms with van der Waals surface area (Å²) in [4.78, 5) is 0. The molecule has 0 fully saturated rings. The molecule has 2 rings (SSSR count). The van der Waals surface area contributed by atoms with E-state index in [4.69, 9.17) is 27.9 Å². The molecule has 20 heavy (non-hydrogen) atoms. The monoisotopic (exact) mass is 307 g/mol. The van der Waals surface area contributed by atoms with Gasteiger partial charge in [0.2, 0.25) is 0 Å². The first-order valence-corrected chi connectivity index (χ1v) is 6.95. The molecule has 0 atom stereocenters. The van der Waals surface area contributed by atoms with Crippen molar-refractivity contribution in [2.24, 2.45) is 0 Å². The molecule has 0 unspecified atom stereocenters. The van der Waals surface area contributed by atoms with E-state index in [1.807, 2.05) is 36.4 Å². The van der Waals surface area contributed by atoms with Gasteiger partial charge in [-0.3, -0.25) is 0 Å². The molecule has 0 aliphatic carbocycles. The van der Waals surface area contributed by atoms with Crippen molar-refractivity contribution in [3.63, 3.8) is 0 Å². The number of anilines is 1. The molecule has 0 saturated heterocycles. The highest BCUT2D eigenvalue weighted by Gasteiger charge is 1.99. The Morgan fingerprint density at radius 1 is 1.05 bits per heavy atom. The maximum Gasteiger partial charge on any atom is 0.119 e. The van der Waals surface area contributed by atoms with E-state index in [-0.39, 0.29) is 0 Å². The highest BCUT2D eigenvalue weighted by molar-refractivity contribution is 6.35. The van der Waals surface area contributed by atoms with Gasteiger partial charge in [-0.15, -0.1) is 0 Å². The third-order valence-corrected chi connectivity index (χ3v) is 3.09. The summed E-state index contributed by atoms with van der Waals surface area (Å²) in [5, 5.41) is 4.52. The third-order valence-electron chi connectivity index (χ3n) is 2.65. The lowest BCUT2D eigenvalue weighted by atomic mass is 10.2. The standard InChI is InChI=1S/C16H15Cl2NO/c1-2-7-20-16-5-3-12(4-6-16)11-19-15-9-13(17)8-14(18)10-15/h2-6,8-10,19H,1,7,11H2. The van der Waals surface area contributed by atoms with Crippen LogP contribution >= 0.6 is 23.2 Å². The van der Waals surface area contributed by atoms with Crippen LogP contribution in [0, 0.1) is 0 Å². The minimum Gasteiger partial charge on any atom is -0.490 e. The number of benzene rings is 2. The zero-order valence-corrected chi connectivity index (χ0v) is 12.4. The van der Waals surface area contributed by atoms with Crippen LogP contribution in [0.4, 0.5) is 5.69 Å². The van der Waals surface area contributed by atoms with Gasteiger partial charge in [-0.25, -0.2) is 0 Å². The van der Waals surface area contributed by atoms with E-state index in [0.29, 0.717) is 23.2 Å². The van der Waals surface area contributed by atoms with Crippen molar-refractivity contribution in [3.05, 3.63) is 70.7 Å². The predicted octanol–water partition coefficient (Wildman–Crippen LogP) is 5.17. The number of halogens is 2. The number of rotatable bonds is 6. The fourth-order valence-electron chi connectivity index (χ4n) is 1.72. The lowest BCUT2D eigenvalue weighted by Gasteiger charge is -2.09. The molecule has 2 aromatic carbocycles. The first-order valence-electron chi connectivity index (χ1n) is 6.20. The molecule has 4 heteroatoms. The molecule has 0 aliphatic heterocycles. The van der Waals surface area contributed by atoms with Crippen molar-refractivity contribution >= 4 is 28.9 Å². The molecule has 0 heterocycles. The van der Waals surface area contributed by atoms with E-state index >= 15 is 0 Å². The highest BCUT2D eigenvalue weighted by atomic mass is 35.5. The SMILES string of the molecule is C=CCOc1ccc(CNc2cc(Cl)cc(Cl)c2)cc1. The van der Waals surface area contributed by atoms with Gasteiger partial charge in [-0.05, 0) is 35.9 Å². The average molecular weight is 308 g/mol. The lowest BCUT2D eigenvalue weighted by Crippen LogP contribution is -1.99. The van der Waals surface area contributed by atoms with Crippen LogP contribution in [0.5, 0.6) is 5.75 Å². The Labute approximate surface area is 129 Å². The molecule has 0 radical (unpaired) electrons. The third kappa shape index (κ3) is 4.48. The second-order valence-corrected chi connectivity index (χ2v) is 5.13. The van der Waals surface area contributed by atoms with Gasteiger partial charge >= 0.3 is 0 Å². The molecular formula is C16H15Cl2NO. The summed E-state index contributed by atoms with van der Waals surface area (Å²) >= 11 is 11.9. The largest absolute Gasteiger partial charge is 0.490 e. The van der Waals surface area contributed by atoms with Crippen molar-refractivity contribution in [3.8, 4) is 5.75 Å². The van der Waals surface area contributed by atoms with Gasteiger partial charge in [0.05, 0.1) is 0 Å². The zero-order valence-electron chi connectivity index (χ0n) is 10.9. The van der Waals surface area contributed by atoms with Crippen LogP contribution < -0.4 is 10.1 Å². The van der Waals surface area contributed by atoms with Gasteiger partial charge < -0.3 is 10.1 Å². The quantitative estimate of drug-likeness (QED) is 0.743. The molecule has 0 amide bonds. The normalized spacial score (nSPS) is 10.1. The van der Waals surface area contributed by atoms with Crippen LogP contribution in [-0.2, 0) is 6.54 Å². The Kier molecular flexibility index (Phi) is 5.33. The molecule has 0 saturated carbocycles. The first kappa shape index (κ1) is 14.8. The molecule has 0 spiro atoms. The smallest absolute Gasteiger partial charge is 0.119 e. The Morgan fingerprint density at radius 3 is 2.30 bits per heavy atom. The molecule has 0 aromatic heterocycles. The fraction of sp³-hybridized carbons (Fsp3) is 0.125. The fourth-order valence-corrected chi connectivity index (χ4v) is 2.24. The topological polar surface area (TPSA) is 21.3 Å². The summed E-state index contributed by atoms with van der Waals surface area (Å²) in [6, 6.07) is 13.3. The lowest BCUT2D eigenvalue weighted by molar-refractivity contribution is 0.363. The van der Waals surface area contributed by atoms with Gasteiger partial charge in [0.15, 0.2) is 0 Å². The Morgan fingerprint density at radius 2 is 1.70 bits per heavy atom. The van der Waals surface area contributed by atoms with Gasteiger partial charge in [-0.2, -0.15) is 0 Å². The summed E-state index contributed by atoms with van der Waals surface area (Å²) in [7, 11) is 0. The van der Waals surface area contributed by atoms with Crippen LogP contribution in [0.15, 0.2) is 55.1 Å². The summed E-state index contributed by atoms with van der Waals surface area (Å²) < 4.78 is 5.43. The first-order chi connectivity index (χ1) is 9.67. The number of hydrogen-bond acceptors (Lipinski definition) is 2. The van der Waals surface area contributed by atoms with Crippen LogP contribution in [0.2, 0.25) is 10.0 Å². The van der Waals surface area contributed by atoms with E-state index in [1.165, 1.54) is 0 Å². The van der Waals surface area contributed by atoms with Gasteiger partial charge in [0.1, 0.15) is 12.4 Å². The van der Waals surface area contributed by atoms with Crippen molar-refractivity contribution in [2.75, 3.05) is 11.9 Å². The maximum atomic E-state index is 5.95. The number of ether oxygens (including phenoxy) is 1. The molecular weight excluding hydrogens is 293 g/mol. The summed E-state index contributed by atoms with van der Waals surface area (Å²) in [6.07, 6.45) is 1.72. The summed E-state index contributed by atoms with van der Waals surface area (Å²) in [5.41, 5.74) is 2.04. The predicted molar refractivity (Wildman–Crippen MR) is 85.9 cm³/mol. The maximum absolute atomic E-state index is 5.95. The molecule has 104 valence electrons. The molecule has 0 aliphatic rings. The van der Waals surface area contributed by atoms with Gasteiger partial charge in [-0.1, -0.05) is 48.0 Å². The zero-order chi connectivity index (χ0) is 14.4. The van der Waals surface area contributed by atoms with Crippen LogP contribution in [0.3, 0.4) is 0 Å². The van der Waals surface area contributed by atoms with Gasteiger partial charge in [0.25, 0.3) is 0 Å². The highest BCUT2D eigenvalue weighted by Crippen LogP contribution is 2.23. The summed E-state index contributed by atoms with van der Waals surface area (Å²) in [5.74, 6) is 0.833. The second kappa shape index (κ2) is 7.22. The second-order valence-electron chi connectivity index (χ2n) is 4.26. The van der Waals surface area contributed by atoms with E-state index in [2.05, 4.69) is 11.9 Å². The van der Waals surface area contributed by atoms with Crippen molar-refractivity contribution in [1.29, 1.82) is 0 Å². The minimum absolute atomic E-state index is 0.513. The number of hydrogen-bond donors (Lipinski definition) is 1. The van der Waals surface area contributed by atoms with Gasteiger partial charge in [0, 0.05) is 22.3 Å². The molecule has 2 nitrogen and oxygen atoms in total.